The number of carbonyl (C=O) groups excluding carboxylic acids is 1. The number of nitrogens with zero attached hydrogens (tertiary/aromatic N) is 1. The van der Waals surface area contributed by atoms with E-state index >= 15 is 0 Å². The second kappa shape index (κ2) is 5.35. The Balaban J connectivity index is 2.15. The summed E-state index contributed by atoms with van der Waals surface area (Å²) < 4.78 is 10.7. The van der Waals surface area contributed by atoms with Crippen LogP contribution in [0.25, 0.3) is 11.3 Å². The third kappa shape index (κ3) is 2.88. The molecule has 0 saturated heterocycles. The molecule has 1 aromatic heterocycles. The van der Waals surface area contributed by atoms with Crippen molar-refractivity contribution >= 4 is 5.91 Å². The predicted octanol–water partition coefficient (Wildman–Crippen LogP) is 1.77. The standard InChI is InChI=1S/C13H14N2O3/c1-17-10-4-2-3-9(7-10)11-8-15-13(18-11)6-5-12(14)16/h2-4,7-8H,5-6H2,1H3,(H2,14,16). The molecule has 0 unspecified atom stereocenters. The molecule has 0 atom stereocenters. The maximum absolute atomic E-state index is 10.7. The Labute approximate surface area is 105 Å². The normalized spacial score (nSPS) is 10.3. The molecule has 1 heterocycles. The first kappa shape index (κ1) is 12.2. The van der Waals surface area contributed by atoms with Crippen molar-refractivity contribution in [3.05, 3.63) is 36.4 Å². The van der Waals surface area contributed by atoms with E-state index in [1.807, 2.05) is 24.3 Å². The molecule has 0 aliphatic heterocycles. The van der Waals surface area contributed by atoms with E-state index < -0.39 is 0 Å². The molecule has 2 N–H and O–H groups in total. The number of carbonyl (C=O) groups is 1. The molecule has 0 fully saturated rings. The van der Waals surface area contributed by atoms with Crippen molar-refractivity contribution in [2.24, 2.45) is 5.73 Å². The SMILES string of the molecule is COc1cccc(-c2cnc(CCC(N)=O)o2)c1. The van der Waals surface area contributed by atoms with E-state index in [0.717, 1.165) is 11.3 Å². The van der Waals surface area contributed by atoms with Gasteiger partial charge in [-0.3, -0.25) is 4.79 Å². The average Bonchev–Trinajstić information content (AvgIpc) is 2.85. The van der Waals surface area contributed by atoms with Crippen LogP contribution in [0.1, 0.15) is 12.3 Å². The third-order valence-electron chi connectivity index (χ3n) is 2.49. The van der Waals surface area contributed by atoms with Gasteiger partial charge in [-0.25, -0.2) is 4.98 Å². The Kier molecular flexibility index (Phi) is 3.62. The molecule has 0 radical (unpaired) electrons. The van der Waals surface area contributed by atoms with Crippen molar-refractivity contribution in [2.75, 3.05) is 7.11 Å². The van der Waals surface area contributed by atoms with Gasteiger partial charge >= 0.3 is 0 Å². The first-order valence-corrected chi connectivity index (χ1v) is 5.56. The minimum atomic E-state index is -0.365. The van der Waals surface area contributed by atoms with Gasteiger partial charge in [-0.1, -0.05) is 12.1 Å². The maximum Gasteiger partial charge on any atom is 0.217 e. The number of benzene rings is 1. The van der Waals surface area contributed by atoms with Crippen molar-refractivity contribution < 1.29 is 13.9 Å². The van der Waals surface area contributed by atoms with Crippen LogP contribution in [0.3, 0.4) is 0 Å². The number of rotatable bonds is 5. The van der Waals surface area contributed by atoms with E-state index in [2.05, 4.69) is 4.98 Å². The Hall–Kier alpha value is -2.30. The Bertz CT molecular complexity index is 549. The fraction of sp³-hybridized carbons (Fsp3) is 0.231. The number of amides is 1. The quantitative estimate of drug-likeness (QED) is 0.872. The van der Waals surface area contributed by atoms with Gasteiger partial charge in [0.15, 0.2) is 11.7 Å². The number of aryl methyl sites for hydroxylation is 1. The van der Waals surface area contributed by atoms with Gasteiger partial charge in [0.2, 0.25) is 5.91 Å². The van der Waals surface area contributed by atoms with Crippen molar-refractivity contribution in [3.63, 3.8) is 0 Å². The molecule has 2 rings (SSSR count). The summed E-state index contributed by atoms with van der Waals surface area (Å²) in [6, 6.07) is 7.49. The number of oxazole rings is 1. The van der Waals surface area contributed by atoms with Crippen LogP contribution in [0.5, 0.6) is 5.75 Å². The highest BCUT2D eigenvalue weighted by atomic mass is 16.5. The van der Waals surface area contributed by atoms with Gasteiger partial charge < -0.3 is 14.9 Å². The van der Waals surface area contributed by atoms with Gasteiger partial charge in [0.05, 0.1) is 13.3 Å². The lowest BCUT2D eigenvalue weighted by Crippen LogP contribution is -2.11. The number of nitrogens with two attached hydrogens (primary N) is 1. The summed E-state index contributed by atoms with van der Waals surface area (Å²) >= 11 is 0. The summed E-state index contributed by atoms with van der Waals surface area (Å²) in [5, 5.41) is 0. The molecule has 0 spiro atoms. The average molecular weight is 246 g/mol. The molecule has 2 aromatic rings. The molecule has 0 saturated carbocycles. The smallest absolute Gasteiger partial charge is 0.217 e. The van der Waals surface area contributed by atoms with E-state index in [0.29, 0.717) is 18.1 Å². The zero-order valence-corrected chi connectivity index (χ0v) is 10.1. The molecule has 1 aromatic carbocycles. The summed E-state index contributed by atoms with van der Waals surface area (Å²) in [7, 11) is 1.61. The lowest BCUT2D eigenvalue weighted by Gasteiger charge is -2.01. The highest BCUT2D eigenvalue weighted by Crippen LogP contribution is 2.24. The van der Waals surface area contributed by atoms with Gasteiger partial charge in [0.25, 0.3) is 0 Å². The molecule has 5 nitrogen and oxygen atoms in total. The topological polar surface area (TPSA) is 78.4 Å². The molecule has 1 amide bonds. The summed E-state index contributed by atoms with van der Waals surface area (Å²) in [4.78, 5) is 14.8. The third-order valence-corrected chi connectivity index (χ3v) is 2.49. The van der Waals surface area contributed by atoms with Crippen LogP contribution in [0.15, 0.2) is 34.9 Å². The summed E-state index contributed by atoms with van der Waals surface area (Å²) in [6.07, 6.45) is 2.28. The number of hydrogen-bond donors (Lipinski definition) is 1. The van der Waals surface area contributed by atoms with Crippen LogP contribution in [0.2, 0.25) is 0 Å². The van der Waals surface area contributed by atoms with E-state index in [1.54, 1.807) is 13.3 Å². The minimum Gasteiger partial charge on any atom is -0.497 e. The monoisotopic (exact) mass is 246 g/mol. The lowest BCUT2D eigenvalue weighted by atomic mass is 10.2. The van der Waals surface area contributed by atoms with Crippen molar-refractivity contribution in [3.8, 4) is 17.1 Å². The highest BCUT2D eigenvalue weighted by molar-refractivity contribution is 5.73. The van der Waals surface area contributed by atoms with Crippen LogP contribution in [0.4, 0.5) is 0 Å². The number of methoxy groups -OCH3 is 1. The predicted molar refractivity (Wildman–Crippen MR) is 66.0 cm³/mol. The Morgan fingerprint density at radius 1 is 1.50 bits per heavy atom. The van der Waals surface area contributed by atoms with E-state index in [4.69, 9.17) is 14.9 Å². The van der Waals surface area contributed by atoms with Gasteiger partial charge in [0.1, 0.15) is 5.75 Å². The largest absolute Gasteiger partial charge is 0.497 e. The second-order valence-electron chi connectivity index (χ2n) is 3.82. The number of hydrogen-bond acceptors (Lipinski definition) is 4. The van der Waals surface area contributed by atoms with Crippen LogP contribution in [-0.2, 0) is 11.2 Å². The van der Waals surface area contributed by atoms with Crippen LogP contribution >= 0.6 is 0 Å². The summed E-state index contributed by atoms with van der Waals surface area (Å²) in [6.45, 7) is 0. The summed E-state index contributed by atoms with van der Waals surface area (Å²) in [5.41, 5.74) is 5.95. The fourth-order valence-corrected chi connectivity index (χ4v) is 1.57. The van der Waals surface area contributed by atoms with Gasteiger partial charge in [-0.2, -0.15) is 0 Å². The maximum atomic E-state index is 10.7. The van der Waals surface area contributed by atoms with Gasteiger partial charge in [-0.05, 0) is 12.1 Å². The molecular weight excluding hydrogens is 232 g/mol. The number of primary amides is 1. The van der Waals surface area contributed by atoms with E-state index in [-0.39, 0.29) is 12.3 Å². The molecule has 0 aliphatic rings. The molecule has 0 bridgehead atoms. The first-order chi connectivity index (χ1) is 8.69. The number of ether oxygens (including phenoxy) is 1. The van der Waals surface area contributed by atoms with Crippen LogP contribution < -0.4 is 10.5 Å². The number of aromatic nitrogens is 1. The van der Waals surface area contributed by atoms with Crippen molar-refractivity contribution in [2.45, 2.75) is 12.8 Å². The molecule has 18 heavy (non-hydrogen) atoms. The zero-order valence-electron chi connectivity index (χ0n) is 10.1. The van der Waals surface area contributed by atoms with E-state index in [9.17, 15) is 4.79 Å². The molecule has 0 aliphatic carbocycles. The Morgan fingerprint density at radius 2 is 2.33 bits per heavy atom. The molecular formula is C13H14N2O3. The molecule has 94 valence electrons. The van der Waals surface area contributed by atoms with Gasteiger partial charge in [-0.15, -0.1) is 0 Å². The van der Waals surface area contributed by atoms with Crippen LogP contribution in [0, 0.1) is 0 Å². The van der Waals surface area contributed by atoms with E-state index in [1.165, 1.54) is 0 Å². The highest BCUT2D eigenvalue weighted by Gasteiger charge is 2.08. The fourth-order valence-electron chi connectivity index (χ4n) is 1.57. The minimum absolute atomic E-state index is 0.234. The van der Waals surface area contributed by atoms with Crippen LogP contribution in [-0.4, -0.2) is 18.0 Å². The zero-order chi connectivity index (χ0) is 13.0. The lowest BCUT2D eigenvalue weighted by molar-refractivity contribution is -0.118. The van der Waals surface area contributed by atoms with Crippen molar-refractivity contribution in [1.29, 1.82) is 0 Å². The van der Waals surface area contributed by atoms with Gasteiger partial charge in [0, 0.05) is 18.4 Å². The molecule has 5 heteroatoms. The Morgan fingerprint density at radius 3 is 3.06 bits per heavy atom. The summed E-state index contributed by atoms with van der Waals surface area (Å²) in [5.74, 6) is 1.54. The van der Waals surface area contributed by atoms with Crippen molar-refractivity contribution in [1.82, 2.24) is 4.98 Å². The first-order valence-electron chi connectivity index (χ1n) is 5.56. The second-order valence-corrected chi connectivity index (χ2v) is 3.82.